The molecule has 1 aromatic carbocycles. The lowest BCUT2D eigenvalue weighted by molar-refractivity contribution is -0.214. The lowest BCUT2D eigenvalue weighted by Crippen LogP contribution is -2.65. The van der Waals surface area contributed by atoms with Crippen LogP contribution in [-0.2, 0) is 16.6 Å². The number of benzene rings is 1. The van der Waals surface area contributed by atoms with Gasteiger partial charge in [-0.2, -0.15) is 0 Å². The molecule has 4 aliphatic carbocycles. The average molecular weight is 455 g/mol. The molecule has 4 aliphatic rings. The first kappa shape index (κ1) is 23.1. The van der Waals surface area contributed by atoms with Crippen LogP contribution in [0.3, 0.4) is 0 Å². The molecule has 5 rings (SSSR count). The smallest absolute Gasteiger partial charge is 0.309 e. The summed E-state index contributed by atoms with van der Waals surface area (Å²) in [6.45, 7) is 13.8. The summed E-state index contributed by atoms with van der Waals surface area (Å²) in [5.41, 5.74) is 3.11. The van der Waals surface area contributed by atoms with Crippen LogP contribution in [0.15, 0.2) is 6.07 Å². The van der Waals surface area contributed by atoms with Gasteiger partial charge in [0.2, 0.25) is 0 Å². The van der Waals surface area contributed by atoms with E-state index in [1.807, 2.05) is 19.9 Å². The standard InChI is InChI=1S/C29H42O4/c1-17-18-7-8-21-27(4,19(18)15-20(30)23(17)31)12-14-29(6)22-16-26(3,24(32)33)10-9-25(22,2)11-13-28(21,29)5/h15,21-22,30-31H,7-14,16H2,1-6H3,(H,32,33)/t21?,22-,25-,26-,27+,28-,29+/m1/s1. The van der Waals surface area contributed by atoms with Crippen LogP contribution < -0.4 is 0 Å². The van der Waals surface area contributed by atoms with E-state index in [9.17, 15) is 20.1 Å². The first-order valence-electron chi connectivity index (χ1n) is 13.0. The monoisotopic (exact) mass is 454 g/mol. The van der Waals surface area contributed by atoms with Crippen LogP contribution >= 0.6 is 0 Å². The van der Waals surface area contributed by atoms with E-state index in [-0.39, 0.29) is 33.2 Å². The summed E-state index contributed by atoms with van der Waals surface area (Å²) in [5.74, 6) is 0.318. The molecule has 0 amide bonds. The zero-order valence-corrected chi connectivity index (χ0v) is 21.3. The molecule has 1 aromatic rings. The summed E-state index contributed by atoms with van der Waals surface area (Å²) in [6.07, 6.45) is 9.15. The predicted octanol–water partition coefficient (Wildman–Crippen LogP) is 6.72. The summed E-state index contributed by atoms with van der Waals surface area (Å²) < 4.78 is 0. The van der Waals surface area contributed by atoms with E-state index in [1.54, 1.807) is 0 Å². The van der Waals surface area contributed by atoms with Crippen molar-refractivity contribution in [1.29, 1.82) is 0 Å². The maximum atomic E-state index is 12.3. The van der Waals surface area contributed by atoms with Gasteiger partial charge >= 0.3 is 5.97 Å². The Balaban J connectivity index is 1.61. The molecular formula is C29H42O4. The van der Waals surface area contributed by atoms with E-state index in [4.69, 9.17) is 0 Å². The topological polar surface area (TPSA) is 77.8 Å². The van der Waals surface area contributed by atoms with Crippen LogP contribution in [-0.4, -0.2) is 21.3 Å². The highest BCUT2D eigenvalue weighted by Gasteiger charge is 2.68. The number of hydrogen-bond donors (Lipinski definition) is 3. The lowest BCUT2D eigenvalue weighted by Gasteiger charge is -2.72. The highest BCUT2D eigenvalue weighted by atomic mass is 16.4. The van der Waals surface area contributed by atoms with Crippen molar-refractivity contribution in [2.45, 2.75) is 105 Å². The van der Waals surface area contributed by atoms with Gasteiger partial charge in [-0.15, -0.1) is 0 Å². The van der Waals surface area contributed by atoms with Crippen molar-refractivity contribution in [3.8, 4) is 11.5 Å². The van der Waals surface area contributed by atoms with Crippen molar-refractivity contribution in [3.63, 3.8) is 0 Å². The molecule has 3 fully saturated rings. The maximum absolute atomic E-state index is 12.3. The summed E-state index contributed by atoms with van der Waals surface area (Å²) in [6, 6.07) is 1.85. The number of carboxylic acids is 1. The predicted molar refractivity (Wildman–Crippen MR) is 130 cm³/mol. The number of fused-ring (bicyclic) bond motifs is 7. The van der Waals surface area contributed by atoms with Crippen LogP contribution in [0.1, 0.15) is 103 Å². The Morgan fingerprint density at radius 3 is 2.18 bits per heavy atom. The van der Waals surface area contributed by atoms with Gasteiger partial charge in [0, 0.05) is 0 Å². The number of carboxylic acid groups (broad SMARTS) is 1. The van der Waals surface area contributed by atoms with E-state index in [0.717, 1.165) is 50.5 Å². The van der Waals surface area contributed by atoms with Crippen LogP contribution in [0.4, 0.5) is 0 Å². The summed E-state index contributed by atoms with van der Waals surface area (Å²) in [7, 11) is 0. The number of phenolic OH excluding ortho intramolecular Hbond substituents is 2. The molecule has 0 heterocycles. The molecule has 0 aliphatic heterocycles. The van der Waals surface area contributed by atoms with E-state index < -0.39 is 11.4 Å². The van der Waals surface area contributed by atoms with E-state index in [1.165, 1.54) is 24.0 Å². The van der Waals surface area contributed by atoms with E-state index in [0.29, 0.717) is 11.8 Å². The summed E-state index contributed by atoms with van der Waals surface area (Å²) in [5, 5.41) is 31.0. The minimum Gasteiger partial charge on any atom is -0.504 e. The molecule has 0 spiro atoms. The van der Waals surface area contributed by atoms with Gasteiger partial charge in [0.25, 0.3) is 0 Å². The zero-order valence-electron chi connectivity index (χ0n) is 21.3. The highest BCUT2D eigenvalue weighted by molar-refractivity contribution is 5.74. The first-order chi connectivity index (χ1) is 15.2. The Hall–Kier alpha value is -1.71. The number of aliphatic carboxylic acids is 1. The molecule has 0 saturated heterocycles. The second-order valence-corrected chi connectivity index (χ2v) is 13.5. The van der Waals surface area contributed by atoms with Crippen LogP contribution in [0, 0.1) is 40.4 Å². The molecule has 4 nitrogen and oxygen atoms in total. The third-order valence-electron chi connectivity index (χ3n) is 12.2. The van der Waals surface area contributed by atoms with Crippen molar-refractivity contribution in [2.75, 3.05) is 0 Å². The fraction of sp³-hybridized carbons (Fsp3) is 0.759. The van der Waals surface area contributed by atoms with Crippen LogP contribution in [0.25, 0.3) is 0 Å². The minimum atomic E-state index is -0.626. The van der Waals surface area contributed by atoms with Gasteiger partial charge in [-0.1, -0.05) is 27.7 Å². The van der Waals surface area contributed by atoms with E-state index >= 15 is 0 Å². The van der Waals surface area contributed by atoms with Gasteiger partial charge in [-0.05, 0) is 128 Å². The average Bonchev–Trinajstić information content (AvgIpc) is 2.75. The molecule has 0 bridgehead atoms. The van der Waals surface area contributed by atoms with Gasteiger partial charge in [0.15, 0.2) is 11.5 Å². The minimum absolute atomic E-state index is 0.00679. The Morgan fingerprint density at radius 2 is 1.52 bits per heavy atom. The number of aromatic hydroxyl groups is 2. The Morgan fingerprint density at radius 1 is 0.909 bits per heavy atom. The van der Waals surface area contributed by atoms with Gasteiger partial charge in [-0.25, -0.2) is 0 Å². The van der Waals surface area contributed by atoms with Gasteiger partial charge < -0.3 is 15.3 Å². The third kappa shape index (κ3) is 2.73. The largest absolute Gasteiger partial charge is 0.504 e. The van der Waals surface area contributed by atoms with Crippen molar-refractivity contribution in [2.24, 2.45) is 33.5 Å². The van der Waals surface area contributed by atoms with Gasteiger partial charge in [0.1, 0.15) is 0 Å². The second-order valence-electron chi connectivity index (χ2n) is 13.5. The third-order valence-corrected chi connectivity index (χ3v) is 12.2. The maximum Gasteiger partial charge on any atom is 0.309 e. The molecule has 182 valence electrons. The highest BCUT2D eigenvalue weighted by Crippen LogP contribution is 2.75. The van der Waals surface area contributed by atoms with Crippen LogP contribution in [0.2, 0.25) is 0 Å². The molecule has 3 N–H and O–H groups in total. The first-order valence-corrected chi connectivity index (χ1v) is 13.0. The molecule has 3 saturated carbocycles. The quantitative estimate of drug-likeness (QED) is 0.411. The Kier molecular flexibility index (Phi) is 4.68. The molecule has 1 unspecified atom stereocenters. The van der Waals surface area contributed by atoms with Crippen molar-refractivity contribution >= 4 is 5.97 Å². The molecule has 33 heavy (non-hydrogen) atoms. The lowest BCUT2D eigenvalue weighted by atomic mass is 9.32. The molecular weight excluding hydrogens is 412 g/mol. The molecule has 0 aromatic heterocycles. The van der Waals surface area contributed by atoms with Crippen LogP contribution in [0.5, 0.6) is 11.5 Å². The molecule has 0 radical (unpaired) electrons. The Bertz CT molecular complexity index is 1030. The van der Waals surface area contributed by atoms with Gasteiger partial charge in [-0.3, -0.25) is 4.79 Å². The van der Waals surface area contributed by atoms with Gasteiger partial charge in [0.05, 0.1) is 5.41 Å². The zero-order chi connectivity index (χ0) is 24.2. The SMILES string of the molecule is Cc1c(O)c(O)cc2c1CCC1[C@@]2(C)CC[C@@]2(C)[C@@H]3C[C@](C)(C(=O)O)CC[C@]3(C)CC[C@]12C. The fourth-order valence-electron chi connectivity index (χ4n) is 9.59. The number of rotatable bonds is 1. The summed E-state index contributed by atoms with van der Waals surface area (Å²) in [4.78, 5) is 12.3. The second kappa shape index (κ2) is 6.70. The Labute approximate surface area is 198 Å². The summed E-state index contributed by atoms with van der Waals surface area (Å²) >= 11 is 0. The molecule has 4 heteroatoms. The number of hydrogen-bond acceptors (Lipinski definition) is 3. The fourth-order valence-corrected chi connectivity index (χ4v) is 9.59. The number of phenols is 2. The van der Waals surface area contributed by atoms with E-state index in [2.05, 4.69) is 27.7 Å². The molecule has 7 atom stereocenters. The van der Waals surface area contributed by atoms with Crippen molar-refractivity contribution in [3.05, 3.63) is 22.8 Å². The normalized spacial score (nSPS) is 46.5. The van der Waals surface area contributed by atoms with Crippen molar-refractivity contribution in [1.82, 2.24) is 0 Å². The van der Waals surface area contributed by atoms with Crippen molar-refractivity contribution < 1.29 is 20.1 Å². The number of carbonyl (C=O) groups is 1.